The van der Waals surface area contributed by atoms with Gasteiger partial charge in [0.05, 0.1) is 22.3 Å². The topological polar surface area (TPSA) is 220 Å². The van der Waals surface area contributed by atoms with Crippen LogP contribution in [0.2, 0.25) is 0 Å². The van der Waals surface area contributed by atoms with Gasteiger partial charge in [0.25, 0.3) is 23.6 Å². The molecule has 4 amide bonds. The van der Waals surface area contributed by atoms with Gasteiger partial charge in [0, 0.05) is 0 Å². The Bertz CT molecular complexity index is 589. The van der Waals surface area contributed by atoms with E-state index >= 15 is 0 Å². The fourth-order valence-corrected chi connectivity index (χ4v) is 1.75. The van der Waals surface area contributed by atoms with E-state index in [2.05, 4.69) is 0 Å². The molecule has 1 aromatic rings. The summed E-state index contributed by atoms with van der Waals surface area (Å²) >= 11 is 0. The van der Waals surface area contributed by atoms with Crippen LogP contribution in [0.4, 0.5) is 0 Å². The molecule has 0 spiro atoms. The minimum Gasteiger partial charge on any atom is -0.290 e. The Morgan fingerprint density at radius 1 is 0.591 bits per heavy atom. The SMILES string of the molecule is NNC(=O)c1ccc(C(=O)NN)c(C(=O)NN)c1C(=O)NN. The van der Waals surface area contributed by atoms with Crippen LogP contribution in [-0.2, 0) is 0 Å². The van der Waals surface area contributed by atoms with Crippen LogP contribution in [0.3, 0.4) is 0 Å². The second kappa shape index (κ2) is 7.09. The van der Waals surface area contributed by atoms with E-state index in [9.17, 15) is 19.2 Å². The smallest absolute Gasteiger partial charge is 0.266 e. The number of hydrogen-bond acceptors (Lipinski definition) is 8. The summed E-state index contributed by atoms with van der Waals surface area (Å²) in [5.41, 5.74) is 5.55. The molecule has 0 bridgehead atoms. The summed E-state index contributed by atoms with van der Waals surface area (Å²) in [6.45, 7) is 0. The van der Waals surface area contributed by atoms with Gasteiger partial charge in [-0.15, -0.1) is 0 Å². The van der Waals surface area contributed by atoms with Gasteiger partial charge in [-0.1, -0.05) is 0 Å². The molecule has 0 aliphatic heterocycles. The molecule has 0 heterocycles. The number of carbonyl (C=O) groups is 4. The molecule has 0 saturated heterocycles. The van der Waals surface area contributed by atoms with Crippen molar-refractivity contribution < 1.29 is 19.2 Å². The summed E-state index contributed by atoms with van der Waals surface area (Å²) in [4.78, 5) is 47.3. The number of amides is 4. The van der Waals surface area contributed by atoms with E-state index in [1.165, 1.54) is 0 Å². The van der Waals surface area contributed by atoms with Crippen molar-refractivity contribution in [2.45, 2.75) is 0 Å². The Morgan fingerprint density at radius 2 is 0.864 bits per heavy atom. The summed E-state index contributed by atoms with van der Waals surface area (Å²) in [6.07, 6.45) is 0. The van der Waals surface area contributed by atoms with E-state index in [1.807, 2.05) is 0 Å². The molecule has 0 saturated carbocycles. The first kappa shape index (κ1) is 17.0. The van der Waals surface area contributed by atoms with E-state index in [0.717, 1.165) is 12.1 Å². The number of benzene rings is 1. The van der Waals surface area contributed by atoms with Crippen molar-refractivity contribution in [1.29, 1.82) is 0 Å². The maximum absolute atomic E-state index is 11.9. The number of nitrogen functional groups attached to an aromatic ring is 4. The summed E-state index contributed by atoms with van der Waals surface area (Å²) in [5.74, 6) is 16.3. The van der Waals surface area contributed by atoms with E-state index in [1.54, 1.807) is 21.7 Å². The van der Waals surface area contributed by atoms with Crippen LogP contribution >= 0.6 is 0 Å². The molecule has 0 aromatic heterocycles. The summed E-state index contributed by atoms with van der Waals surface area (Å²) in [7, 11) is 0. The molecular formula is C10H14N8O4. The van der Waals surface area contributed by atoms with Crippen molar-refractivity contribution >= 4 is 23.6 Å². The maximum atomic E-state index is 11.9. The highest BCUT2D eigenvalue weighted by atomic mass is 16.2. The van der Waals surface area contributed by atoms with Crippen molar-refractivity contribution in [2.24, 2.45) is 23.4 Å². The van der Waals surface area contributed by atoms with Crippen molar-refractivity contribution in [3.05, 3.63) is 34.4 Å². The van der Waals surface area contributed by atoms with Crippen molar-refractivity contribution in [3.8, 4) is 0 Å². The lowest BCUT2D eigenvalue weighted by Crippen LogP contribution is -2.41. The van der Waals surface area contributed by atoms with Gasteiger partial charge in [0.15, 0.2) is 0 Å². The van der Waals surface area contributed by atoms with Gasteiger partial charge < -0.3 is 0 Å². The van der Waals surface area contributed by atoms with Gasteiger partial charge in [-0.2, -0.15) is 0 Å². The zero-order valence-corrected chi connectivity index (χ0v) is 11.1. The number of rotatable bonds is 4. The van der Waals surface area contributed by atoms with Crippen LogP contribution in [0.1, 0.15) is 41.4 Å². The molecule has 22 heavy (non-hydrogen) atoms. The van der Waals surface area contributed by atoms with Crippen LogP contribution in [0.25, 0.3) is 0 Å². The Balaban J connectivity index is 3.81. The van der Waals surface area contributed by atoms with Gasteiger partial charge in [-0.25, -0.2) is 23.4 Å². The van der Waals surface area contributed by atoms with E-state index in [4.69, 9.17) is 23.4 Å². The Morgan fingerprint density at radius 3 is 1.09 bits per heavy atom. The molecule has 0 unspecified atom stereocenters. The highest BCUT2D eigenvalue weighted by molar-refractivity contribution is 6.18. The molecule has 0 fully saturated rings. The summed E-state index contributed by atoms with van der Waals surface area (Å²) in [5, 5.41) is 0. The van der Waals surface area contributed by atoms with Gasteiger partial charge in [0.2, 0.25) is 0 Å². The second-order valence-electron chi connectivity index (χ2n) is 3.80. The molecule has 0 aliphatic rings. The third kappa shape index (κ3) is 2.99. The molecule has 1 rings (SSSR count). The zero-order valence-electron chi connectivity index (χ0n) is 11.1. The molecule has 12 nitrogen and oxygen atoms in total. The first-order valence-electron chi connectivity index (χ1n) is 5.63. The van der Waals surface area contributed by atoms with E-state index < -0.39 is 34.8 Å². The normalized spacial score (nSPS) is 9.64. The second-order valence-corrected chi connectivity index (χ2v) is 3.80. The highest BCUT2D eigenvalue weighted by Crippen LogP contribution is 2.20. The fraction of sp³-hybridized carbons (Fsp3) is 0. The third-order valence-corrected chi connectivity index (χ3v) is 2.67. The number of hydrazine groups is 4. The average molecular weight is 310 g/mol. The number of carbonyl (C=O) groups excluding carboxylic acids is 4. The Hall–Kier alpha value is -3.06. The Kier molecular flexibility index (Phi) is 5.48. The van der Waals surface area contributed by atoms with E-state index in [0.29, 0.717) is 0 Å². The van der Waals surface area contributed by atoms with Crippen LogP contribution in [-0.4, -0.2) is 23.6 Å². The minimum absolute atomic E-state index is 0.294. The summed E-state index contributed by atoms with van der Waals surface area (Å²) in [6, 6.07) is 2.20. The molecule has 0 atom stereocenters. The van der Waals surface area contributed by atoms with Crippen LogP contribution in [0, 0.1) is 0 Å². The van der Waals surface area contributed by atoms with Crippen LogP contribution in [0.15, 0.2) is 12.1 Å². The van der Waals surface area contributed by atoms with Gasteiger partial charge in [-0.05, 0) is 12.1 Å². The third-order valence-electron chi connectivity index (χ3n) is 2.67. The fourth-order valence-electron chi connectivity index (χ4n) is 1.75. The van der Waals surface area contributed by atoms with E-state index in [-0.39, 0.29) is 11.1 Å². The van der Waals surface area contributed by atoms with Crippen molar-refractivity contribution in [2.75, 3.05) is 0 Å². The van der Waals surface area contributed by atoms with Crippen molar-refractivity contribution in [3.63, 3.8) is 0 Å². The van der Waals surface area contributed by atoms with Crippen molar-refractivity contribution in [1.82, 2.24) is 21.7 Å². The minimum atomic E-state index is -1.01. The quantitative estimate of drug-likeness (QED) is 0.155. The average Bonchev–Trinajstić information content (AvgIpc) is 2.57. The zero-order chi connectivity index (χ0) is 16.9. The molecule has 12 N–H and O–H groups in total. The molecule has 1 aromatic carbocycles. The monoisotopic (exact) mass is 310 g/mol. The molecule has 0 aliphatic carbocycles. The predicted molar refractivity (Wildman–Crippen MR) is 73.1 cm³/mol. The summed E-state index contributed by atoms with van der Waals surface area (Å²) < 4.78 is 0. The number of nitrogens with two attached hydrogens (primary N) is 4. The lowest BCUT2D eigenvalue weighted by Gasteiger charge is -2.15. The van der Waals surface area contributed by atoms with Crippen LogP contribution in [0.5, 0.6) is 0 Å². The maximum Gasteiger partial charge on any atom is 0.266 e. The molecule has 118 valence electrons. The predicted octanol–water partition coefficient (Wildman–Crippen LogP) is -3.90. The lowest BCUT2D eigenvalue weighted by atomic mass is 9.93. The molecule has 0 radical (unpaired) electrons. The molecular weight excluding hydrogens is 296 g/mol. The van der Waals surface area contributed by atoms with Crippen LogP contribution < -0.4 is 45.1 Å². The number of nitrogens with one attached hydrogen (secondary N) is 4. The van der Waals surface area contributed by atoms with Gasteiger partial charge >= 0.3 is 0 Å². The van der Waals surface area contributed by atoms with Gasteiger partial charge in [0.1, 0.15) is 0 Å². The largest absolute Gasteiger partial charge is 0.290 e. The first-order valence-corrected chi connectivity index (χ1v) is 5.63. The lowest BCUT2D eigenvalue weighted by molar-refractivity contribution is 0.0895. The number of hydrogen-bond donors (Lipinski definition) is 8. The first-order chi connectivity index (χ1) is 10.4. The molecule has 12 heteroatoms. The standard InChI is InChI=1S/C10H14N8O4/c11-15-7(19)3-1-2-4(8(20)16-12)6(10(22)18-14)5(3)9(21)17-13/h1-2H,11-14H2,(H,15,19)(H,16,20)(H,17,21)(H,18,22). The highest BCUT2D eigenvalue weighted by Gasteiger charge is 2.28. The van der Waals surface area contributed by atoms with Gasteiger partial charge in [-0.3, -0.25) is 40.9 Å². The Labute approximate surface area is 123 Å².